The van der Waals surface area contributed by atoms with E-state index >= 15 is 0 Å². The molecule has 6 rings (SSSR count). The molecule has 4 aromatic carbocycles. The van der Waals surface area contributed by atoms with Crippen molar-refractivity contribution in [2.45, 2.75) is 45.1 Å². The molecule has 1 aromatic heterocycles. The SMILES string of the molecule is O=C(OCc1ccccc1)C1CCc2c(c3ccccc3n2C(=O)c2ccccc2CCCc2ccccc2)C1. The first-order valence-electron chi connectivity index (χ1n) is 14.2. The van der Waals surface area contributed by atoms with Crippen molar-refractivity contribution in [1.82, 2.24) is 4.57 Å². The van der Waals surface area contributed by atoms with Gasteiger partial charge in [-0.05, 0) is 72.9 Å². The Morgan fingerprint density at radius 2 is 1.43 bits per heavy atom. The van der Waals surface area contributed by atoms with Gasteiger partial charge in [-0.3, -0.25) is 14.2 Å². The van der Waals surface area contributed by atoms with Gasteiger partial charge in [0.2, 0.25) is 0 Å². The molecule has 0 aliphatic heterocycles. The summed E-state index contributed by atoms with van der Waals surface area (Å²) < 4.78 is 7.60. The highest BCUT2D eigenvalue weighted by molar-refractivity contribution is 6.05. The second kappa shape index (κ2) is 11.7. The first kappa shape index (κ1) is 25.8. The van der Waals surface area contributed by atoms with Crippen LogP contribution in [0.15, 0.2) is 109 Å². The Morgan fingerprint density at radius 3 is 2.23 bits per heavy atom. The maximum atomic E-state index is 14.2. The summed E-state index contributed by atoms with van der Waals surface area (Å²) >= 11 is 0. The second-order valence-electron chi connectivity index (χ2n) is 10.6. The number of hydrogen-bond acceptors (Lipinski definition) is 3. The van der Waals surface area contributed by atoms with Crippen LogP contribution >= 0.6 is 0 Å². The van der Waals surface area contributed by atoms with Crippen molar-refractivity contribution in [3.8, 4) is 0 Å². The zero-order chi connectivity index (χ0) is 27.3. The topological polar surface area (TPSA) is 48.3 Å². The van der Waals surface area contributed by atoms with Crippen molar-refractivity contribution >= 4 is 22.8 Å². The fourth-order valence-electron chi connectivity index (χ4n) is 5.98. The van der Waals surface area contributed by atoms with Gasteiger partial charge in [-0.2, -0.15) is 0 Å². The molecule has 0 radical (unpaired) electrons. The summed E-state index contributed by atoms with van der Waals surface area (Å²) in [5.74, 6) is -0.366. The van der Waals surface area contributed by atoms with Gasteiger partial charge in [0.25, 0.3) is 5.91 Å². The Morgan fingerprint density at radius 1 is 0.750 bits per heavy atom. The third kappa shape index (κ3) is 5.35. The number of aryl methyl sites for hydroxylation is 2. The van der Waals surface area contributed by atoms with Crippen molar-refractivity contribution in [3.63, 3.8) is 0 Å². The van der Waals surface area contributed by atoms with E-state index < -0.39 is 0 Å². The number of para-hydroxylation sites is 1. The molecule has 4 nitrogen and oxygen atoms in total. The average Bonchev–Trinajstić information content (AvgIpc) is 3.34. The Kier molecular flexibility index (Phi) is 7.58. The molecule has 1 aliphatic carbocycles. The number of fused-ring (bicyclic) bond motifs is 3. The lowest BCUT2D eigenvalue weighted by molar-refractivity contribution is -0.150. The minimum absolute atomic E-state index is 0.0119. The van der Waals surface area contributed by atoms with E-state index in [0.29, 0.717) is 19.3 Å². The Balaban J connectivity index is 1.24. The zero-order valence-electron chi connectivity index (χ0n) is 22.6. The first-order chi connectivity index (χ1) is 19.7. The van der Waals surface area contributed by atoms with Gasteiger partial charge in [0, 0.05) is 16.6 Å². The standard InChI is InChI=1S/C36H33NO3/c38-35(30-19-8-7-17-28(30)18-11-16-26-12-3-1-4-13-26)37-33-21-10-9-20-31(33)32-24-29(22-23-34(32)37)36(39)40-25-27-14-5-2-6-15-27/h1-10,12-15,17,19-21,29H,11,16,18,22-25H2. The number of carbonyl (C=O) groups excluding carboxylic acids is 2. The van der Waals surface area contributed by atoms with Gasteiger partial charge in [-0.25, -0.2) is 0 Å². The van der Waals surface area contributed by atoms with Gasteiger partial charge in [0.05, 0.1) is 11.4 Å². The molecule has 1 unspecified atom stereocenters. The van der Waals surface area contributed by atoms with Crippen LogP contribution in [0.1, 0.15) is 51.1 Å². The van der Waals surface area contributed by atoms with E-state index in [4.69, 9.17) is 4.74 Å². The molecule has 0 saturated carbocycles. The highest BCUT2D eigenvalue weighted by Gasteiger charge is 2.32. The largest absolute Gasteiger partial charge is 0.461 e. The Hall–Kier alpha value is -4.44. The Labute approximate surface area is 235 Å². The molecule has 0 bridgehead atoms. The van der Waals surface area contributed by atoms with Gasteiger partial charge in [-0.15, -0.1) is 0 Å². The molecular weight excluding hydrogens is 494 g/mol. The fourth-order valence-corrected chi connectivity index (χ4v) is 5.98. The predicted octanol–water partition coefficient (Wildman–Crippen LogP) is 7.35. The number of benzene rings is 4. The van der Waals surface area contributed by atoms with Crippen LogP contribution in [-0.4, -0.2) is 16.4 Å². The molecule has 0 saturated heterocycles. The molecule has 0 fully saturated rings. The summed E-state index contributed by atoms with van der Waals surface area (Å²) in [6, 6.07) is 36.3. The van der Waals surface area contributed by atoms with Crippen LogP contribution < -0.4 is 0 Å². The van der Waals surface area contributed by atoms with Crippen LogP contribution in [0.2, 0.25) is 0 Å². The molecular formula is C36H33NO3. The number of esters is 1. The summed E-state index contributed by atoms with van der Waals surface area (Å²) in [5.41, 5.74) is 7.16. The summed E-state index contributed by atoms with van der Waals surface area (Å²) in [6.07, 6.45) is 4.72. The number of rotatable bonds is 8. The predicted molar refractivity (Wildman–Crippen MR) is 158 cm³/mol. The third-order valence-corrected chi connectivity index (χ3v) is 8.03. The lowest BCUT2D eigenvalue weighted by atomic mass is 9.86. The lowest BCUT2D eigenvalue weighted by Gasteiger charge is -2.23. The van der Waals surface area contributed by atoms with Crippen LogP contribution in [0.4, 0.5) is 0 Å². The fraction of sp³-hybridized carbons (Fsp3) is 0.222. The lowest BCUT2D eigenvalue weighted by Crippen LogP contribution is -2.26. The maximum absolute atomic E-state index is 14.2. The van der Waals surface area contributed by atoms with Crippen LogP contribution in [0.25, 0.3) is 10.9 Å². The summed E-state index contributed by atoms with van der Waals surface area (Å²) in [4.78, 5) is 27.2. The van der Waals surface area contributed by atoms with E-state index in [0.717, 1.165) is 58.1 Å². The zero-order valence-corrected chi connectivity index (χ0v) is 22.6. The van der Waals surface area contributed by atoms with E-state index in [1.54, 1.807) is 0 Å². The number of nitrogens with zero attached hydrogens (tertiary/aromatic N) is 1. The molecule has 200 valence electrons. The maximum Gasteiger partial charge on any atom is 0.309 e. The first-order valence-corrected chi connectivity index (χ1v) is 14.2. The average molecular weight is 528 g/mol. The minimum Gasteiger partial charge on any atom is -0.461 e. The number of aromatic nitrogens is 1. The molecule has 0 spiro atoms. The van der Waals surface area contributed by atoms with E-state index in [1.807, 2.05) is 77.4 Å². The number of ether oxygens (including phenoxy) is 1. The van der Waals surface area contributed by atoms with Crippen LogP contribution in [0.3, 0.4) is 0 Å². The normalized spacial score (nSPS) is 14.6. The van der Waals surface area contributed by atoms with Crippen LogP contribution in [0, 0.1) is 5.92 Å². The quantitative estimate of drug-likeness (QED) is 0.198. The Bertz CT molecular complexity index is 1640. The minimum atomic E-state index is -0.212. The van der Waals surface area contributed by atoms with Gasteiger partial charge in [-0.1, -0.05) is 97.1 Å². The molecule has 4 heteroatoms. The van der Waals surface area contributed by atoms with E-state index in [1.165, 1.54) is 5.56 Å². The van der Waals surface area contributed by atoms with Gasteiger partial charge < -0.3 is 4.74 Å². The summed E-state index contributed by atoms with van der Waals surface area (Å²) in [5, 5.41) is 1.05. The van der Waals surface area contributed by atoms with Crippen LogP contribution in [-0.2, 0) is 41.8 Å². The highest BCUT2D eigenvalue weighted by atomic mass is 16.5. The van der Waals surface area contributed by atoms with E-state index in [-0.39, 0.29) is 24.4 Å². The van der Waals surface area contributed by atoms with Crippen molar-refractivity contribution in [2.24, 2.45) is 5.92 Å². The molecule has 0 N–H and O–H groups in total. The van der Waals surface area contributed by atoms with Crippen LogP contribution in [0.5, 0.6) is 0 Å². The highest BCUT2D eigenvalue weighted by Crippen LogP contribution is 2.36. The third-order valence-electron chi connectivity index (χ3n) is 8.03. The van der Waals surface area contributed by atoms with E-state index in [2.05, 4.69) is 36.4 Å². The smallest absolute Gasteiger partial charge is 0.309 e. The van der Waals surface area contributed by atoms with Gasteiger partial charge in [0.1, 0.15) is 6.61 Å². The summed E-state index contributed by atoms with van der Waals surface area (Å²) in [7, 11) is 0. The molecule has 5 aromatic rings. The van der Waals surface area contributed by atoms with Crippen molar-refractivity contribution in [1.29, 1.82) is 0 Å². The van der Waals surface area contributed by atoms with Gasteiger partial charge in [0.15, 0.2) is 0 Å². The summed E-state index contributed by atoms with van der Waals surface area (Å²) in [6.45, 7) is 0.282. The molecule has 40 heavy (non-hydrogen) atoms. The number of carbonyl (C=O) groups is 2. The van der Waals surface area contributed by atoms with Gasteiger partial charge >= 0.3 is 5.97 Å². The molecule has 1 atom stereocenters. The van der Waals surface area contributed by atoms with Crippen molar-refractivity contribution in [2.75, 3.05) is 0 Å². The van der Waals surface area contributed by atoms with Crippen molar-refractivity contribution in [3.05, 3.63) is 143 Å². The second-order valence-corrected chi connectivity index (χ2v) is 10.6. The van der Waals surface area contributed by atoms with E-state index in [9.17, 15) is 9.59 Å². The number of hydrogen-bond donors (Lipinski definition) is 0. The molecule has 1 aliphatic rings. The monoisotopic (exact) mass is 527 g/mol. The molecule has 1 heterocycles. The molecule has 0 amide bonds. The van der Waals surface area contributed by atoms with Crippen molar-refractivity contribution < 1.29 is 14.3 Å².